The normalized spacial score (nSPS) is 22.0. The fourth-order valence-electron chi connectivity index (χ4n) is 7.91. The molecule has 0 N–H and O–H groups in total. The van der Waals surface area contributed by atoms with E-state index in [0.29, 0.717) is 65.5 Å². The van der Waals surface area contributed by atoms with Crippen LogP contribution < -0.4 is 9.64 Å². The lowest BCUT2D eigenvalue weighted by Crippen LogP contribution is -2.43. The zero-order chi connectivity index (χ0) is 36.1. The van der Waals surface area contributed by atoms with Gasteiger partial charge in [-0.15, -0.1) is 0 Å². The van der Waals surface area contributed by atoms with E-state index in [1.807, 2.05) is 50.1 Å². The smallest absolute Gasteiger partial charge is 0.319 e. The van der Waals surface area contributed by atoms with Crippen LogP contribution in [0, 0.1) is 5.82 Å². The summed E-state index contributed by atoms with van der Waals surface area (Å²) in [5.74, 6) is 0.549. The number of hydrogen-bond donors (Lipinski definition) is 0. The van der Waals surface area contributed by atoms with Crippen molar-refractivity contribution in [2.75, 3.05) is 44.7 Å². The fourth-order valence-corrected chi connectivity index (χ4v) is 8.20. The van der Waals surface area contributed by atoms with E-state index in [4.69, 9.17) is 25.8 Å². The molecule has 52 heavy (non-hydrogen) atoms. The van der Waals surface area contributed by atoms with Crippen LogP contribution in [0.15, 0.2) is 53.2 Å². The second-order valence-corrected chi connectivity index (χ2v) is 14.7. The number of hydrogen-bond acceptors (Lipinski definition) is 10. The number of likely N-dealkylation sites (N-methyl/N-ethyl adjacent to an activating group) is 1. The average Bonchev–Trinajstić information content (AvgIpc) is 3.94. The van der Waals surface area contributed by atoms with Gasteiger partial charge in [-0.1, -0.05) is 60.9 Å². The van der Waals surface area contributed by atoms with Crippen LogP contribution in [0.1, 0.15) is 57.2 Å². The molecule has 14 heteroatoms. The molecule has 0 radical (unpaired) electrons. The Morgan fingerprint density at radius 3 is 2.81 bits per heavy atom. The Kier molecular flexibility index (Phi) is 9.02. The number of aromatic nitrogens is 5. The number of benzene rings is 2. The third kappa shape index (κ3) is 6.23. The summed E-state index contributed by atoms with van der Waals surface area (Å²) in [6.45, 7) is 6.22. The topological polar surface area (TPSA) is 114 Å². The standard InChI is InChI=1S/C38H39ClF2N8O3/c1-22(2)35-43-29(52-46-35)11-12-30(50)48-16-13-25(20-48)47(3)36-27-18-42-33(26-9-4-7-23-8-5-10-28(39)31(23)26)32(41)34(27)44-37(45-36)51-21-38-14-6-15-49(38)19-24(40)17-38/h4-5,7-12,18,22,24-25H,6,13-17,19-21H2,1-3H3/b12-11+/t24-,25-,38+/m1/s1. The van der Waals surface area contributed by atoms with Gasteiger partial charge in [-0.05, 0) is 37.3 Å². The van der Waals surface area contributed by atoms with Crippen molar-refractivity contribution in [1.29, 1.82) is 0 Å². The highest BCUT2D eigenvalue weighted by Crippen LogP contribution is 2.41. The minimum absolute atomic E-state index is 0.000859. The van der Waals surface area contributed by atoms with Gasteiger partial charge in [0.2, 0.25) is 5.91 Å². The summed E-state index contributed by atoms with van der Waals surface area (Å²) in [5.41, 5.74) is 0.249. The minimum Gasteiger partial charge on any atom is -0.461 e. The first-order valence-electron chi connectivity index (χ1n) is 17.7. The summed E-state index contributed by atoms with van der Waals surface area (Å²) in [6.07, 6.45) is 6.41. The van der Waals surface area contributed by atoms with E-state index < -0.39 is 17.5 Å². The van der Waals surface area contributed by atoms with Crippen LogP contribution in [-0.4, -0.2) is 98.4 Å². The summed E-state index contributed by atoms with van der Waals surface area (Å²) in [4.78, 5) is 37.3. The lowest BCUT2D eigenvalue weighted by molar-refractivity contribution is -0.124. The zero-order valence-corrected chi connectivity index (χ0v) is 30.0. The Balaban J connectivity index is 1.12. The molecule has 3 aromatic heterocycles. The van der Waals surface area contributed by atoms with Gasteiger partial charge in [-0.25, -0.2) is 8.78 Å². The Morgan fingerprint density at radius 1 is 1.17 bits per heavy atom. The molecule has 0 aliphatic carbocycles. The van der Waals surface area contributed by atoms with E-state index in [-0.39, 0.29) is 47.6 Å². The molecule has 3 fully saturated rings. The van der Waals surface area contributed by atoms with Crippen molar-refractivity contribution in [2.24, 2.45) is 0 Å². The minimum atomic E-state index is -0.922. The van der Waals surface area contributed by atoms with E-state index in [1.165, 1.54) is 12.2 Å². The van der Waals surface area contributed by atoms with Crippen LogP contribution >= 0.6 is 11.6 Å². The first kappa shape index (κ1) is 34.3. The SMILES string of the molecule is CC(C)c1noc(/C=C/C(=O)N2CC[C@@H](N(C)c3nc(OC[C@@]45CCCN4C[C@H](F)C5)nc4c(F)c(-c5cccc6cccc(Cl)c56)ncc34)C2)n1. The number of carbonyl (C=O) groups is 1. The molecule has 3 saturated heterocycles. The van der Waals surface area contributed by atoms with Crippen molar-refractivity contribution < 1.29 is 22.8 Å². The molecule has 0 bridgehead atoms. The summed E-state index contributed by atoms with van der Waals surface area (Å²) < 4.78 is 43.0. The van der Waals surface area contributed by atoms with Gasteiger partial charge >= 0.3 is 6.01 Å². The van der Waals surface area contributed by atoms with Gasteiger partial charge in [0.15, 0.2) is 11.6 Å². The number of fused-ring (bicyclic) bond motifs is 3. The number of nitrogens with zero attached hydrogens (tertiary/aromatic N) is 8. The van der Waals surface area contributed by atoms with Gasteiger partial charge in [0.25, 0.3) is 5.89 Å². The maximum absolute atomic E-state index is 16.9. The highest BCUT2D eigenvalue weighted by molar-refractivity contribution is 6.36. The summed E-state index contributed by atoms with van der Waals surface area (Å²) >= 11 is 6.63. The molecule has 3 aliphatic heterocycles. The summed E-state index contributed by atoms with van der Waals surface area (Å²) in [7, 11) is 1.87. The number of alkyl halides is 1. The van der Waals surface area contributed by atoms with Crippen LogP contribution in [-0.2, 0) is 4.79 Å². The predicted molar refractivity (Wildman–Crippen MR) is 195 cm³/mol. The number of ether oxygens (including phenoxy) is 1. The first-order valence-corrected chi connectivity index (χ1v) is 18.1. The van der Waals surface area contributed by atoms with E-state index >= 15 is 4.39 Å². The molecule has 8 rings (SSSR count). The second kappa shape index (κ2) is 13.7. The maximum atomic E-state index is 16.9. The van der Waals surface area contributed by atoms with Crippen LogP contribution in [0.2, 0.25) is 5.02 Å². The summed E-state index contributed by atoms with van der Waals surface area (Å²) in [6, 6.07) is 10.9. The van der Waals surface area contributed by atoms with Gasteiger partial charge in [0, 0.05) is 79.4 Å². The molecule has 1 amide bonds. The predicted octanol–water partition coefficient (Wildman–Crippen LogP) is 6.85. The van der Waals surface area contributed by atoms with Crippen LogP contribution in [0.4, 0.5) is 14.6 Å². The molecule has 270 valence electrons. The fraction of sp³-hybridized carbons (Fsp3) is 0.421. The molecular formula is C38H39ClF2N8O3. The van der Waals surface area contributed by atoms with Crippen molar-refractivity contribution in [3.05, 3.63) is 71.2 Å². The van der Waals surface area contributed by atoms with E-state index in [2.05, 4.69) is 25.0 Å². The number of likely N-dealkylation sites (tertiary alicyclic amines) is 1. The molecule has 5 aromatic rings. The number of pyridine rings is 1. The molecule has 0 unspecified atom stereocenters. The average molecular weight is 729 g/mol. The third-order valence-corrected chi connectivity index (χ3v) is 11.0. The van der Waals surface area contributed by atoms with Gasteiger partial charge in [-0.3, -0.25) is 14.7 Å². The van der Waals surface area contributed by atoms with Gasteiger partial charge in [-0.2, -0.15) is 15.0 Å². The third-order valence-electron chi connectivity index (χ3n) is 10.7. The van der Waals surface area contributed by atoms with Crippen molar-refractivity contribution >= 4 is 51.1 Å². The van der Waals surface area contributed by atoms with Crippen molar-refractivity contribution in [3.8, 4) is 17.3 Å². The number of rotatable bonds is 9. The molecule has 2 aromatic carbocycles. The van der Waals surface area contributed by atoms with E-state index in [1.54, 1.807) is 23.2 Å². The molecule has 3 atom stereocenters. The van der Waals surface area contributed by atoms with Crippen LogP contribution in [0.5, 0.6) is 6.01 Å². The molecular weight excluding hydrogens is 690 g/mol. The molecule has 6 heterocycles. The zero-order valence-electron chi connectivity index (χ0n) is 29.2. The van der Waals surface area contributed by atoms with Crippen LogP contribution in [0.25, 0.3) is 39.0 Å². The molecule has 0 spiro atoms. The van der Waals surface area contributed by atoms with Crippen molar-refractivity contribution in [3.63, 3.8) is 0 Å². The Hall–Kier alpha value is -4.75. The Bertz CT molecular complexity index is 2190. The summed E-state index contributed by atoms with van der Waals surface area (Å²) in [5, 5.41) is 6.37. The molecule has 3 aliphatic rings. The lowest BCUT2D eigenvalue weighted by Gasteiger charge is -2.31. The number of halogens is 3. The molecule has 11 nitrogen and oxygen atoms in total. The largest absolute Gasteiger partial charge is 0.461 e. The number of carbonyl (C=O) groups excluding carboxylic acids is 1. The van der Waals surface area contributed by atoms with E-state index in [9.17, 15) is 9.18 Å². The lowest BCUT2D eigenvalue weighted by atomic mass is 9.95. The van der Waals surface area contributed by atoms with Crippen LogP contribution in [0.3, 0.4) is 0 Å². The highest BCUT2D eigenvalue weighted by Gasteiger charge is 2.49. The van der Waals surface area contributed by atoms with Crippen molar-refractivity contribution in [1.82, 2.24) is 34.9 Å². The maximum Gasteiger partial charge on any atom is 0.319 e. The second-order valence-electron chi connectivity index (χ2n) is 14.3. The monoisotopic (exact) mass is 728 g/mol. The highest BCUT2D eigenvalue weighted by atomic mass is 35.5. The molecule has 0 saturated carbocycles. The van der Waals surface area contributed by atoms with Gasteiger partial charge in [0.1, 0.15) is 29.8 Å². The quantitative estimate of drug-likeness (QED) is 0.149. The van der Waals surface area contributed by atoms with Gasteiger partial charge < -0.3 is 19.1 Å². The van der Waals surface area contributed by atoms with Crippen molar-refractivity contribution in [2.45, 2.75) is 63.2 Å². The number of amides is 1. The van der Waals surface area contributed by atoms with Gasteiger partial charge in [0.05, 0.1) is 10.9 Å². The van der Waals surface area contributed by atoms with E-state index in [0.717, 1.165) is 24.8 Å². The Labute approximate surface area is 304 Å². The first-order chi connectivity index (χ1) is 25.1. The Morgan fingerprint density at radius 2 is 2.00 bits per heavy atom. The number of anilines is 1.